The molecule has 0 radical (unpaired) electrons. The third kappa shape index (κ3) is 4.84. The minimum absolute atomic E-state index is 0.0866. The highest BCUT2D eigenvalue weighted by molar-refractivity contribution is 5.74. The van der Waals surface area contributed by atoms with Crippen molar-refractivity contribution in [2.75, 3.05) is 24.5 Å². The number of carbonyl (C=O) groups is 1. The van der Waals surface area contributed by atoms with Crippen LogP contribution in [0.3, 0.4) is 0 Å². The van der Waals surface area contributed by atoms with Crippen LogP contribution in [0.1, 0.15) is 25.3 Å². The molecule has 0 aliphatic carbocycles. The second-order valence-corrected chi connectivity index (χ2v) is 7.73. The molecule has 2 aromatic heterocycles. The molecule has 0 saturated carbocycles. The molecular formula is C23H28N6O2. The molecule has 3 heterocycles. The molecule has 0 bridgehead atoms. The SMILES string of the molecule is CCn1c(=O)c(N2CCC(NC(=O)NCCc3ccccc3)CC2)nc2cccnc21. The minimum atomic E-state index is -0.141. The van der Waals surface area contributed by atoms with Gasteiger partial charge in [-0.25, -0.2) is 14.8 Å². The number of piperidine rings is 1. The van der Waals surface area contributed by atoms with Crippen LogP contribution in [0.15, 0.2) is 53.5 Å². The van der Waals surface area contributed by atoms with E-state index in [4.69, 9.17) is 0 Å². The number of fused-ring (bicyclic) bond motifs is 1. The zero-order chi connectivity index (χ0) is 21.6. The Morgan fingerprint density at radius 3 is 2.65 bits per heavy atom. The summed E-state index contributed by atoms with van der Waals surface area (Å²) in [6.45, 7) is 4.43. The van der Waals surface area contributed by atoms with Gasteiger partial charge in [-0.2, -0.15) is 0 Å². The number of carbonyl (C=O) groups excluding carboxylic acids is 1. The summed E-state index contributed by atoms with van der Waals surface area (Å²) in [5.41, 5.74) is 2.42. The van der Waals surface area contributed by atoms with E-state index in [9.17, 15) is 9.59 Å². The van der Waals surface area contributed by atoms with Gasteiger partial charge in [-0.3, -0.25) is 9.36 Å². The quantitative estimate of drug-likeness (QED) is 0.639. The van der Waals surface area contributed by atoms with Crippen molar-refractivity contribution in [2.45, 2.75) is 38.8 Å². The van der Waals surface area contributed by atoms with Gasteiger partial charge in [-0.15, -0.1) is 0 Å². The molecule has 1 saturated heterocycles. The van der Waals surface area contributed by atoms with Crippen LogP contribution in [0.4, 0.5) is 10.6 Å². The summed E-state index contributed by atoms with van der Waals surface area (Å²) in [6.07, 6.45) is 4.02. The fourth-order valence-electron chi connectivity index (χ4n) is 4.00. The number of anilines is 1. The summed E-state index contributed by atoms with van der Waals surface area (Å²) in [5.74, 6) is 0.466. The zero-order valence-corrected chi connectivity index (χ0v) is 17.8. The lowest BCUT2D eigenvalue weighted by Crippen LogP contribution is -2.49. The fourth-order valence-corrected chi connectivity index (χ4v) is 4.00. The van der Waals surface area contributed by atoms with E-state index in [0.29, 0.717) is 37.6 Å². The van der Waals surface area contributed by atoms with Gasteiger partial charge >= 0.3 is 6.03 Å². The van der Waals surface area contributed by atoms with E-state index < -0.39 is 0 Å². The lowest BCUT2D eigenvalue weighted by Gasteiger charge is -2.33. The van der Waals surface area contributed by atoms with Gasteiger partial charge in [-0.1, -0.05) is 30.3 Å². The number of hydrogen-bond acceptors (Lipinski definition) is 5. The minimum Gasteiger partial charge on any atom is -0.352 e. The molecule has 1 aliphatic rings. The van der Waals surface area contributed by atoms with Crippen LogP contribution in [-0.4, -0.2) is 46.2 Å². The lowest BCUT2D eigenvalue weighted by atomic mass is 10.1. The zero-order valence-electron chi connectivity index (χ0n) is 17.8. The number of hydrogen-bond donors (Lipinski definition) is 2. The molecule has 8 nitrogen and oxygen atoms in total. The van der Waals surface area contributed by atoms with Crippen LogP contribution < -0.4 is 21.1 Å². The van der Waals surface area contributed by atoms with Crippen LogP contribution in [0.25, 0.3) is 11.2 Å². The molecule has 2 N–H and O–H groups in total. The molecule has 2 amide bonds. The van der Waals surface area contributed by atoms with Gasteiger partial charge in [-0.05, 0) is 43.9 Å². The molecular weight excluding hydrogens is 392 g/mol. The van der Waals surface area contributed by atoms with E-state index in [0.717, 1.165) is 24.8 Å². The van der Waals surface area contributed by atoms with Crippen molar-refractivity contribution in [1.82, 2.24) is 25.2 Å². The summed E-state index contributed by atoms with van der Waals surface area (Å²) >= 11 is 0. The highest BCUT2D eigenvalue weighted by Gasteiger charge is 2.24. The highest BCUT2D eigenvalue weighted by atomic mass is 16.2. The number of aromatic nitrogens is 3. The number of benzene rings is 1. The molecule has 1 aliphatic heterocycles. The number of rotatable bonds is 6. The molecule has 4 rings (SSSR count). The van der Waals surface area contributed by atoms with Crippen molar-refractivity contribution >= 4 is 23.0 Å². The van der Waals surface area contributed by atoms with E-state index in [1.54, 1.807) is 10.8 Å². The highest BCUT2D eigenvalue weighted by Crippen LogP contribution is 2.17. The predicted molar refractivity (Wildman–Crippen MR) is 121 cm³/mol. The average Bonchev–Trinajstić information content (AvgIpc) is 2.80. The van der Waals surface area contributed by atoms with Crippen molar-refractivity contribution in [3.63, 3.8) is 0 Å². The average molecular weight is 421 g/mol. The Morgan fingerprint density at radius 2 is 1.90 bits per heavy atom. The van der Waals surface area contributed by atoms with Gasteiger partial charge < -0.3 is 15.5 Å². The van der Waals surface area contributed by atoms with Crippen LogP contribution in [0, 0.1) is 0 Å². The Kier molecular flexibility index (Phi) is 6.45. The Bertz CT molecular complexity index is 1090. The summed E-state index contributed by atoms with van der Waals surface area (Å²) in [6, 6.07) is 13.7. The smallest absolute Gasteiger partial charge is 0.315 e. The van der Waals surface area contributed by atoms with E-state index >= 15 is 0 Å². The Balaban J connectivity index is 1.32. The summed E-state index contributed by atoms with van der Waals surface area (Å²) < 4.78 is 1.67. The van der Waals surface area contributed by atoms with Crippen molar-refractivity contribution in [3.05, 3.63) is 64.6 Å². The summed E-state index contributed by atoms with van der Waals surface area (Å²) in [4.78, 5) is 36.1. The molecule has 1 fully saturated rings. The molecule has 31 heavy (non-hydrogen) atoms. The summed E-state index contributed by atoms with van der Waals surface area (Å²) in [5, 5.41) is 5.98. The first-order valence-corrected chi connectivity index (χ1v) is 10.8. The molecule has 0 spiro atoms. The number of nitrogens with one attached hydrogen (secondary N) is 2. The van der Waals surface area contributed by atoms with E-state index in [-0.39, 0.29) is 17.6 Å². The molecule has 1 aromatic carbocycles. The van der Waals surface area contributed by atoms with Crippen LogP contribution in [0.2, 0.25) is 0 Å². The van der Waals surface area contributed by atoms with Gasteiger partial charge in [0.05, 0.1) is 0 Å². The van der Waals surface area contributed by atoms with Crippen LogP contribution >= 0.6 is 0 Å². The topological polar surface area (TPSA) is 92.2 Å². The molecule has 0 unspecified atom stereocenters. The number of amides is 2. The first-order chi connectivity index (χ1) is 15.2. The van der Waals surface area contributed by atoms with Crippen molar-refractivity contribution in [2.24, 2.45) is 0 Å². The third-order valence-corrected chi connectivity index (χ3v) is 5.67. The lowest BCUT2D eigenvalue weighted by molar-refractivity contribution is 0.234. The van der Waals surface area contributed by atoms with Crippen LogP contribution in [-0.2, 0) is 13.0 Å². The predicted octanol–water partition coefficient (Wildman–Crippen LogP) is 2.32. The first-order valence-electron chi connectivity index (χ1n) is 10.8. The standard InChI is InChI=1S/C23H28N6O2/c1-2-29-20-19(9-6-13-24-20)27-21(22(29)30)28-15-11-18(12-16-28)26-23(31)25-14-10-17-7-4-3-5-8-17/h3-9,13,18H,2,10-12,14-16H2,1H3,(H2,25,26,31). The van der Waals surface area contributed by atoms with Gasteiger partial charge in [0, 0.05) is 38.4 Å². The Labute approximate surface area is 181 Å². The maximum atomic E-state index is 12.9. The molecule has 3 aromatic rings. The van der Waals surface area contributed by atoms with Crippen molar-refractivity contribution in [1.29, 1.82) is 0 Å². The fraction of sp³-hybridized carbons (Fsp3) is 0.391. The van der Waals surface area contributed by atoms with E-state index in [1.807, 2.05) is 42.2 Å². The largest absolute Gasteiger partial charge is 0.352 e. The van der Waals surface area contributed by atoms with Crippen molar-refractivity contribution < 1.29 is 4.79 Å². The van der Waals surface area contributed by atoms with Gasteiger partial charge in [0.25, 0.3) is 5.56 Å². The van der Waals surface area contributed by atoms with E-state index in [2.05, 4.69) is 32.7 Å². The second-order valence-electron chi connectivity index (χ2n) is 7.73. The van der Waals surface area contributed by atoms with Crippen molar-refractivity contribution in [3.8, 4) is 0 Å². The first kappa shape index (κ1) is 20.8. The Morgan fingerprint density at radius 1 is 1.13 bits per heavy atom. The molecule has 8 heteroatoms. The molecule has 0 atom stereocenters. The maximum Gasteiger partial charge on any atom is 0.315 e. The third-order valence-electron chi connectivity index (χ3n) is 5.67. The number of pyridine rings is 1. The maximum absolute atomic E-state index is 12.9. The number of nitrogens with zero attached hydrogens (tertiary/aromatic N) is 4. The number of urea groups is 1. The molecule has 162 valence electrons. The van der Waals surface area contributed by atoms with Crippen LogP contribution in [0.5, 0.6) is 0 Å². The van der Waals surface area contributed by atoms with Gasteiger partial charge in [0.15, 0.2) is 11.5 Å². The second kappa shape index (κ2) is 9.59. The Hall–Kier alpha value is -3.42. The monoisotopic (exact) mass is 420 g/mol. The van der Waals surface area contributed by atoms with Gasteiger partial charge in [0.2, 0.25) is 0 Å². The van der Waals surface area contributed by atoms with E-state index in [1.165, 1.54) is 5.56 Å². The normalized spacial score (nSPS) is 14.5. The van der Waals surface area contributed by atoms with Gasteiger partial charge in [0.1, 0.15) is 5.52 Å². The number of aryl methyl sites for hydroxylation is 1. The summed E-state index contributed by atoms with van der Waals surface area (Å²) in [7, 11) is 0.